The lowest BCUT2D eigenvalue weighted by molar-refractivity contribution is 0.253. The zero-order valence-corrected chi connectivity index (χ0v) is 11.8. The van der Waals surface area contributed by atoms with E-state index in [0.29, 0.717) is 18.9 Å². The minimum Gasteiger partial charge on any atom is -0.351 e. The highest BCUT2D eigenvalue weighted by Crippen LogP contribution is 2.16. The first-order chi connectivity index (χ1) is 9.22. The zero-order chi connectivity index (χ0) is 13.7. The highest BCUT2D eigenvalue weighted by Gasteiger charge is 2.13. The molecule has 0 spiro atoms. The van der Waals surface area contributed by atoms with Gasteiger partial charge in [-0.15, -0.1) is 12.4 Å². The fraction of sp³-hybridized carbons (Fsp3) is 0.308. The van der Waals surface area contributed by atoms with Crippen molar-refractivity contribution in [3.63, 3.8) is 0 Å². The molecule has 108 valence electrons. The van der Waals surface area contributed by atoms with Crippen molar-refractivity contribution in [3.8, 4) is 0 Å². The maximum atomic E-state index is 11.5. The molecule has 2 amide bonds. The van der Waals surface area contributed by atoms with Crippen molar-refractivity contribution in [2.75, 3.05) is 18.0 Å². The average Bonchev–Trinajstić information content (AvgIpc) is 2.43. The molecule has 0 aliphatic heterocycles. The molecule has 2 heterocycles. The first-order valence-electron chi connectivity index (χ1n) is 6.21. The quantitative estimate of drug-likeness (QED) is 0.820. The van der Waals surface area contributed by atoms with Gasteiger partial charge in [-0.25, -0.2) is 9.78 Å². The number of rotatable bonds is 5. The van der Waals surface area contributed by atoms with Gasteiger partial charge in [0.15, 0.2) is 0 Å². The van der Waals surface area contributed by atoms with Crippen molar-refractivity contribution in [1.29, 1.82) is 0 Å². The summed E-state index contributed by atoms with van der Waals surface area (Å²) in [5.41, 5.74) is 12.4. The van der Waals surface area contributed by atoms with Gasteiger partial charge in [0, 0.05) is 12.7 Å². The molecule has 0 aliphatic carbocycles. The molecule has 0 aromatic carbocycles. The van der Waals surface area contributed by atoms with Crippen LogP contribution < -0.4 is 16.4 Å². The first-order valence-corrected chi connectivity index (χ1v) is 6.21. The Labute approximate surface area is 123 Å². The Hall–Kier alpha value is -1.92. The molecule has 0 saturated heterocycles. The fourth-order valence-corrected chi connectivity index (χ4v) is 1.85. The van der Waals surface area contributed by atoms with Crippen molar-refractivity contribution in [2.45, 2.75) is 12.8 Å². The summed E-state index contributed by atoms with van der Waals surface area (Å²) in [6.07, 6.45) is 3.35. The monoisotopic (exact) mass is 295 g/mol. The number of carbonyl (C=O) groups excluding carboxylic acids is 1. The standard InChI is InChI=1S/C13H17N5O.ClH/c14-7-1-2-9-18(13(15)19)12-6-5-10-11(17-12)4-3-8-16-10;/h3-6,8H,1-2,7,9,14H2,(H2,15,19);1H. The number of urea groups is 1. The van der Waals surface area contributed by atoms with E-state index in [1.165, 1.54) is 4.90 Å². The van der Waals surface area contributed by atoms with Crippen molar-refractivity contribution < 1.29 is 4.79 Å². The van der Waals surface area contributed by atoms with Gasteiger partial charge in [-0.1, -0.05) is 0 Å². The third-order valence-electron chi connectivity index (χ3n) is 2.82. The molecular weight excluding hydrogens is 278 g/mol. The molecule has 4 N–H and O–H groups in total. The lowest BCUT2D eigenvalue weighted by Crippen LogP contribution is -2.37. The van der Waals surface area contributed by atoms with Crippen molar-refractivity contribution >= 4 is 35.3 Å². The first kappa shape index (κ1) is 16.1. The number of anilines is 1. The number of amides is 2. The zero-order valence-electron chi connectivity index (χ0n) is 11.0. The van der Waals surface area contributed by atoms with E-state index in [1.54, 1.807) is 12.3 Å². The minimum absolute atomic E-state index is 0. The Balaban J connectivity index is 0.00000200. The van der Waals surface area contributed by atoms with E-state index in [-0.39, 0.29) is 12.4 Å². The predicted molar refractivity (Wildman–Crippen MR) is 82.0 cm³/mol. The Kier molecular flexibility index (Phi) is 6.14. The smallest absolute Gasteiger partial charge is 0.320 e. The van der Waals surface area contributed by atoms with Crippen LogP contribution in [0.25, 0.3) is 11.0 Å². The highest BCUT2D eigenvalue weighted by atomic mass is 35.5. The molecule has 0 bridgehead atoms. The van der Waals surface area contributed by atoms with Crippen LogP contribution in [0.2, 0.25) is 0 Å². The number of primary amides is 1. The number of nitrogens with two attached hydrogens (primary N) is 2. The molecule has 20 heavy (non-hydrogen) atoms. The van der Waals surface area contributed by atoms with Gasteiger partial charge in [0.05, 0.1) is 11.0 Å². The van der Waals surface area contributed by atoms with Crippen LogP contribution in [0.3, 0.4) is 0 Å². The van der Waals surface area contributed by atoms with Crippen LogP contribution in [0.4, 0.5) is 10.6 Å². The van der Waals surface area contributed by atoms with Crippen LogP contribution in [0.5, 0.6) is 0 Å². The van der Waals surface area contributed by atoms with Gasteiger partial charge in [0.1, 0.15) is 5.82 Å². The summed E-state index contributed by atoms with van der Waals surface area (Å²) in [6.45, 7) is 1.12. The Morgan fingerprint density at radius 1 is 1.20 bits per heavy atom. The van der Waals surface area contributed by atoms with Gasteiger partial charge in [0.2, 0.25) is 0 Å². The van der Waals surface area contributed by atoms with Crippen LogP contribution in [-0.4, -0.2) is 29.1 Å². The van der Waals surface area contributed by atoms with Gasteiger partial charge < -0.3 is 11.5 Å². The van der Waals surface area contributed by atoms with E-state index in [4.69, 9.17) is 11.5 Å². The van der Waals surface area contributed by atoms with E-state index in [2.05, 4.69) is 9.97 Å². The summed E-state index contributed by atoms with van der Waals surface area (Å²) >= 11 is 0. The summed E-state index contributed by atoms with van der Waals surface area (Å²) in [5.74, 6) is 0.546. The predicted octanol–water partition coefficient (Wildman–Crippen LogP) is 1.68. The number of nitrogens with zero attached hydrogens (tertiary/aromatic N) is 3. The van der Waals surface area contributed by atoms with Crippen LogP contribution in [0, 0.1) is 0 Å². The number of hydrogen-bond acceptors (Lipinski definition) is 4. The van der Waals surface area contributed by atoms with Gasteiger partial charge >= 0.3 is 6.03 Å². The van der Waals surface area contributed by atoms with Crippen LogP contribution in [0.15, 0.2) is 30.5 Å². The van der Waals surface area contributed by atoms with Crippen molar-refractivity contribution in [2.24, 2.45) is 11.5 Å². The Morgan fingerprint density at radius 2 is 2.00 bits per heavy atom. The topological polar surface area (TPSA) is 98.1 Å². The normalized spacial score (nSPS) is 10.1. The van der Waals surface area contributed by atoms with E-state index in [0.717, 1.165) is 23.9 Å². The molecule has 0 fully saturated rings. The number of hydrogen-bond donors (Lipinski definition) is 2. The van der Waals surface area contributed by atoms with E-state index >= 15 is 0 Å². The molecular formula is C13H18ClN5O. The van der Waals surface area contributed by atoms with Gasteiger partial charge in [0.25, 0.3) is 0 Å². The number of aromatic nitrogens is 2. The van der Waals surface area contributed by atoms with E-state index < -0.39 is 6.03 Å². The molecule has 0 aliphatic rings. The summed E-state index contributed by atoms with van der Waals surface area (Å²) in [4.78, 5) is 21.5. The lowest BCUT2D eigenvalue weighted by atomic mass is 10.2. The van der Waals surface area contributed by atoms with Crippen LogP contribution in [0.1, 0.15) is 12.8 Å². The molecule has 0 atom stereocenters. The second-order valence-electron chi connectivity index (χ2n) is 4.20. The number of unbranched alkanes of at least 4 members (excludes halogenated alkanes) is 1. The maximum Gasteiger partial charge on any atom is 0.320 e. The van der Waals surface area contributed by atoms with Crippen molar-refractivity contribution in [1.82, 2.24) is 9.97 Å². The highest BCUT2D eigenvalue weighted by molar-refractivity contribution is 5.91. The summed E-state index contributed by atoms with van der Waals surface area (Å²) < 4.78 is 0. The molecule has 6 nitrogen and oxygen atoms in total. The number of pyridine rings is 2. The average molecular weight is 296 g/mol. The molecule has 0 unspecified atom stereocenters. The summed E-state index contributed by atoms with van der Waals surface area (Å²) in [5, 5.41) is 0. The molecule has 7 heteroatoms. The van der Waals surface area contributed by atoms with Crippen LogP contribution >= 0.6 is 12.4 Å². The lowest BCUT2D eigenvalue weighted by Gasteiger charge is -2.19. The molecule has 2 aromatic rings. The number of fused-ring (bicyclic) bond motifs is 1. The third-order valence-corrected chi connectivity index (χ3v) is 2.82. The molecule has 0 saturated carbocycles. The van der Waals surface area contributed by atoms with E-state index in [9.17, 15) is 4.79 Å². The largest absolute Gasteiger partial charge is 0.351 e. The fourth-order valence-electron chi connectivity index (χ4n) is 1.85. The minimum atomic E-state index is -0.507. The Morgan fingerprint density at radius 3 is 2.70 bits per heavy atom. The van der Waals surface area contributed by atoms with Crippen molar-refractivity contribution in [3.05, 3.63) is 30.5 Å². The SMILES string of the molecule is Cl.NCCCCN(C(N)=O)c1ccc2ncccc2n1. The second kappa shape index (κ2) is 7.62. The summed E-state index contributed by atoms with van der Waals surface area (Å²) in [7, 11) is 0. The molecule has 2 rings (SSSR count). The van der Waals surface area contributed by atoms with Crippen LogP contribution in [-0.2, 0) is 0 Å². The summed E-state index contributed by atoms with van der Waals surface area (Å²) in [6, 6.07) is 6.74. The number of halogens is 1. The molecule has 2 aromatic heterocycles. The van der Waals surface area contributed by atoms with E-state index in [1.807, 2.05) is 18.2 Å². The van der Waals surface area contributed by atoms with Gasteiger partial charge in [-0.2, -0.15) is 0 Å². The van der Waals surface area contributed by atoms with Gasteiger partial charge in [-0.05, 0) is 43.7 Å². The Bertz CT molecular complexity index is 577. The maximum absolute atomic E-state index is 11.5. The second-order valence-corrected chi connectivity index (χ2v) is 4.20. The van der Waals surface area contributed by atoms with Gasteiger partial charge in [-0.3, -0.25) is 9.88 Å². The number of carbonyl (C=O) groups is 1. The third kappa shape index (κ3) is 3.79. The molecule has 0 radical (unpaired) electrons.